The first-order valence-corrected chi connectivity index (χ1v) is 16.2. The van der Waals surface area contributed by atoms with Crippen LogP contribution in [0.3, 0.4) is 0 Å². The quantitative estimate of drug-likeness (QED) is 0.190. The standard InChI is InChI=1S/2C21H19N/c2*1-21(2)8-7-16-18-11-17-14(10-19(18)22-20(16)12-21)9-13-5-3-4-6-15(13)17/h2*3-6,9-12,22H,7-8H2,1-2H3. The summed E-state index contributed by atoms with van der Waals surface area (Å²) < 4.78 is 0. The zero-order valence-corrected chi connectivity index (χ0v) is 26.1. The molecule has 0 unspecified atom stereocenters. The number of nitrogens with one attached hydrogen (secondary N) is 2. The van der Waals surface area contributed by atoms with Crippen molar-refractivity contribution in [2.24, 2.45) is 10.8 Å². The van der Waals surface area contributed by atoms with Gasteiger partial charge in [0.15, 0.2) is 0 Å². The Morgan fingerprint density at radius 1 is 0.523 bits per heavy atom. The van der Waals surface area contributed by atoms with Crippen LogP contribution in [-0.2, 0) is 12.8 Å². The summed E-state index contributed by atoms with van der Waals surface area (Å²) in [4.78, 5) is 7.31. The van der Waals surface area contributed by atoms with E-state index in [9.17, 15) is 0 Å². The van der Waals surface area contributed by atoms with Crippen LogP contribution in [0.1, 0.15) is 62.8 Å². The van der Waals surface area contributed by atoms with Gasteiger partial charge in [-0.2, -0.15) is 0 Å². The summed E-state index contributed by atoms with van der Waals surface area (Å²) in [5.41, 5.74) is 14.4. The zero-order valence-electron chi connectivity index (χ0n) is 26.1. The second-order valence-electron chi connectivity index (χ2n) is 14.7. The van der Waals surface area contributed by atoms with Crippen molar-refractivity contribution in [1.82, 2.24) is 9.97 Å². The summed E-state index contributed by atoms with van der Waals surface area (Å²) in [6, 6.07) is 26.8. The van der Waals surface area contributed by atoms with E-state index in [-0.39, 0.29) is 0 Å². The normalized spacial score (nSPS) is 17.4. The maximum atomic E-state index is 3.65. The first kappa shape index (κ1) is 25.9. The summed E-state index contributed by atoms with van der Waals surface area (Å²) in [5.74, 6) is 0. The van der Waals surface area contributed by atoms with E-state index in [4.69, 9.17) is 0 Å². The minimum atomic E-state index is 0.301. The van der Waals surface area contributed by atoms with Crippen molar-refractivity contribution in [1.29, 1.82) is 0 Å². The van der Waals surface area contributed by atoms with E-state index in [1.807, 2.05) is 0 Å². The molecule has 0 spiro atoms. The van der Waals surface area contributed by atoms with Crippen LogP contribution >= 0.6 is 0 Å². The van der Waals surface area contributed by atoms with Crippen LogP contribution in [0.2, 0.25) is 0 Å². The molecule has 0 aliphatic heterocycles. The lowest BCUT2D eigenvalue weighted by Gasteiger charge is -2.23. The fraction of sp³-hybridized carbons (Fsp3) is 0.238. The highest BCUT2D eigenvalue weighted by atomic mass is 14.7. The smallest absolute Gasteiger partial charge is 0.0467 e. The van der Waals surface area contributed by atoms with Gasteiger partial charge in [-0.25, -0.2) is 0 Å². The van der Waals surface area contributed by atoms with Crippen molar-refractivity contribution in [3.8, 4) is 22.3 Å². The largest absolute Gasteiger partial charge is 0.355 e. The van der Waals surface area contributed by atoms with E-state index in [1.54, 1.807) is 0 Å². The summed E-state index contributed by atoms with van der Waals surface area (Å²) in [6.07, 6.45) is 14.2. The van der Waals surface area contributed by atoms with Gasteiger partial charge in [0.2, 0.25) is 0 Å². The monoisotopic (exact) mass is 570 g/mol. The Kier molecular flexibility index (Phi) is 5.29. The van der Waals surface area contributed by atoms with Crippen molar-refractivity contribution >= 4 is 46.1 Å². The lowest BCUT2D eigenvalue weighted by Crippen LogP contribution is -2.23. The molecule has 6 aromatic rings. The molecule has 0 saturated heterocycles. The second-order valence-corrected chi connectivity index (χ2v) is 14.7. The molecule has 216 valence electrons. The van der Waals surface area contributed by atoms with E-state index in [1.165, 1.54) is 113 Å². The number of hydrogen-bond acceptors (Lipinski definition) is 0. The van der Waals surface area contributed by atoms with Crippen molar-refractivity contribution in [2.75, 3.05) is 0 Å². The van der Waals surface area contributed by atoms with Crippen LogP contribution in [0.25, 0.3) is 68.4 Å². The van der Waals surface area contributed by atoms with Crippen molar-refractivity contribution in [3.05, 3.63) is 116 Å². The van der Waals surface area contributed by atoms with Gasteiger partial charge < -0.3 is 9.97 Å². The predicted octanol–water partition coefficient (Wildman–Crippen LogP) is 7.46. The first-order valence-electron chi connectivity index (χ1n) is 16.2. The highest BCUT2D eigenvalue weighted by Crippen LogP contribution is 2.35. The van der Waals surface area contributed by atoms with Crippen LogP contribution in [0.15, 0.2) is 72.8 Å². The molecule has 4 aromatic carbocycles. The molecule has 44 heavy (non-hydrogen) atoms. The third kappa shape index (κ3) is 4.00. The van der Waals surface area contributed by atoms with Gasteiger partial charge in [0.05, 0.1) is 0 Å². The minimum Gasteiger partial charge on any atom is -0.355 e. The van der Waals surface area contributed by atoms with E-state index in [0.29, 0.717) is 10.8 Å². The SMILES string of the molecule is CC1(C)C=c2[nH]c3cc4c(cc3c2CC1)-c1ccccc1C=4.CC1(C)C=c2[nH]c3cc4c(cc3c2CC1)-c1ccccc1C=4. The molecular weight excluding hydrogens is 532 g/mol. The average Bonchev–Trinajstić information content (AvgIpc) is 3.72. The maximum absolute atomic E-state index is 3.65. The van der Waals surface area contributed by atoms with E-state index < -0.39 is 0 Å². The number of rotatable bonds is 0. The molecule has 2 heteroatoms. The minimum absolute atomic E-state index is 0.301. The predicted molar refractivity (Wildman–Crippen MR) is 186 cm³/mol. The Balaban J connectivity index is 0.000000123. The molecule has 2 nitrogen and oxygen atoms in total. The van der Waals surface area contributed by atoms with Crippen LogP contribution < -0.4 is 21.1 Å². The topological polar surface area (TPSA) is 31.6 Å². The molecule has 0 bridgehead atoms. The highest BCUT2D eigenvalue weighted by molar-refractivity contribution is 5.95. The van der Waals surface area contributed by atoms with Gasteiger partial charge in [-0.1, -0.05) is 88.4 Å². The third-order valence-electron chi connectivity index (χ3n) is 10.5. The van der Waals surface area contributed by atoms with Crippen LogP contribution in [0, 0.1) is 10.8 Å². The lowest BCUT2D eigenvalue weighted by molar-refractivity contribution is 0.459. The van der Waals surface area contributed by atoms with Gasteiger partial charge in [0.25, 0.3) is 0 Å². The summed E-state index contributed by atoms with van der Waals surface area (Å²) >= 11 is 0. The molecule has 0 atom stereocenters. The van der Waals surface area contributed by atoms with Crippen molar-refractivity contribution in [2.45, 2.75) is 53.4 Å². The van der Waals surface area contributed by atoms with Gasteiger partial charge >= 0.3 is 0 Å². The van der Waals surface area contributed by atoms with Gasteiger partial charge in [-0.15, -0.1) is 0 Å². The zero-order chi connectivity index (χ0) is 29.8. The van der Waals surface area contributed by atoms with Crippen molar-refractivity contribution in [3.63, 3.8) is 0 Å². The average molecular weight is 571 g/mol. The van der Waals surface area contributed by atoms with Crippen LogP contribution in [0.4, 0.5) is 0 Å². The second kappa shape index (κ2) is 8.99. The Hall–Kier alpha value is -4.56. The Morgan fingerprint density at radius 2 is 0.955 bits per heavy atom. The van der Waals surface area contributed by atoms with E-state index in [0.717, 1.165) is 0 Å². The van der Waals surface area contributed by atoms with Crippen molar-refractivity contribution < 1.29 is 0 Å². The number of fused-ring (bicyclic) bond motifs is 12. The van der Waals surface area contributed by atoms with Gasteiger partial charge in [0.1, 0.15) is 0 Å². The summed E-state index contributed by atoms with van der Waals surface area (Å²) in [5, 5.41) is 8.17. The fourth-order valence-electron chi connectivity index (χ4n) is 8.05. The number of aromatic amines is 2. The Bertz CT molecular complexity index is 2270. The van der Waals surface area contributed by atoms with Gasteiger partial charge in [-0.05, 0) is 128 Å². The van der Waals surface area contributed by atoms with E-state index in [2.05, 4.69) is 135 Å². The first-order chi connectivity index (χ1) is 21.2. The lowest BCUT2D eigenvalue weighted by atomic mass is 9.82. The molecule has 0 fully saturated rings. The number of hydrogen-bond donors (Lipinski definition) is 2. The molecule has 0 radical (unpaired) electrons. The molecule has 0 amide bonds. The maximum Gasteiger partial charge on any atom is 0.0467 e. The Labute approximate surface area is 258 Å². The Morgan fingerprint density at radius 3 is 1.41 bits per heavy atom. The molecule has 4 aliphatic carbocycles. The number of benzene rings is 4. The fourth-order valence-corrected chi connectivity index (χ4v) is 8.05. The van der Waals surface area contributed by atoms with Crippen LogP contribution in [-0.4, -0.2) is 9.97 Å². The summed E-state index contributed by atoms with van der Waals surface area (Å²) in [6.45, 7) is 9.30. The molecule has 4 aliphatic rings. The molecule has 2 N–H and O–H groups in total. The summed E-state index contributed by atoms with van der Waals surface area (Å²) in [7, 11) is 0. The van der Waals surface area contributed by atoms with Gasteiger partial charge in [-0.3, -0.25) is 0 Å². The number of aryl methyl sites for hydroxylation is 2. The molecule has 2 heterocycles. The van der Waals surface area contributed by atoms with Gasteiger partial charge in [0, 0.05) is 32.5 Å². The third-order valence-corrected chi connectivity index (χ3v) is 10.5. The van der Waals surface area contributed by atoms with E-state index >= 15 is 0 Å². The molecule has 10 rings (SSSR count). The van der Waals surface area contributed by atoms with Crippen LogP contribution in [0.5, 0.6) is 0 Å². The highest BCUT2D eigenvalue weighted by Gasteiger charge is 2.24. The molecule has 0 saturated carbocycles. The number of aromatic nitrogens is 2. The molecular formula is C42H38N2. The molecule has 2 aromatic heterocycles. The number of H-pyrrole nitrogens is 2.